The fourth-order valence-corrected chi connectivity index (χ4v) is 4.08. The second kappa shape index (κ2) is 8.42. The highest BCUT2D eigenvalue weighted by molar-refractivity contribution is 5.93. The Balaban J connectivity index is 2.02. The summed E-state index contributed by atoms with van der Waals surface area (Å²) in [4.78, 5) is 18.6. The zero-order valence-electron chi connectivity index (χ0n) is 18.5. The van der Waals surface area contributed by atoms with Gasteiger partial charge in [0, 0.05) is 29.6 Å². The molecule has 0 saturated carbocycles. The van der Waals surface area contributed by atoms with E-state index in [2.05, 4.69) is 43.7 Å². The molecule has 0 spiro atoms. The molecule has 1 aliphatic heterocycles. The standard InChI is InChI=1S/C25H29FN2O2/c1-7-11-28-23-13-21(26)18(12-20(23)16(2)14-25(28,4)5)15-27-22-10-8-9-19(17(22)3)24(29)30-6/h8-10,12-15H,7,11H2,1-6H3. The molecule has 0 saturated heterocycles. The predicted molar refractivity (Wildman–Crippen MR) is 122 cm³/mol. The highest BCUT2D eigenvalue weighted by Crippen LogP contribution is 2.40. The topological polar surface area (TPSA) is 41.9 Å². The number of carbonyl (C=O) groups excluding carboxylic acids is 1. The normalized spacial score (nSPS) is 15.2. The lowest BCUT2D eigenvalue weighted by Crippen LogP contribution is -2.45. The van der Waals surface area contributed by atoms with Crippen molar-refractivity contribution in [3.8, 4) is 0 Å². The highest BCUT2D eigenvalue weighted by Gasteiger charge is 2.31. The summed E-state index contributed by atoms with van der Waals surface area (Å²) in [7, 11) is 1.35. The van der Waals surface area contributed by atoms with Crippen LogP contribution in [0.5, 0.6) is 0 Å². The molecule has 2 aromatic rings. The Kier molecular flexibility index (Phi) is 6.11. The Morgan fingerprint density at radius 3 is 2.67 bits per heavy atom. The van der Waals surface area contributed by atoms with Crippen molar-refractivity contribution in [3.05, 3.63) is 64.5 Å². The van der Waals surface area contributed by atoms with Gasteiger partial charge in [0.1, 0.15) is 5.82 Å². The van der Waals surface area contributed by atoms with E-state index in [0.29, 0.717) is 22.4 Å². The monoisotopic (exact) mass is 408 g/mol. The largest absolute Gasteiger partial charge is 0.465 e. The van der Waals surface area contributed by atoms with Crippen molar-refractivity contribution in [1.29, 1.82) is 0 Å². The summed E-state index contributed by atoms with van der Waals surface area (Å²) in [6, 6.07) is 8.70. The maximum Gasteiger partial charge on any atom is 0.338 e. The maximum atomic E-state index is 15.0. The minimum absolute atomic E-state index is 0.166. The molecule has 0 aliphatic carbocycles. The quantitative estimate of drug-likeness (QED) is 0.444. The molecule has 0 aromatic heterocycles. The summed E-state index contributed by atoms with van der Waals surface area (Å²) in [5, 5.41) is 0. The van der Waals surface area contributed by atoms with Crippen LogP contribution in [0.2, 0.25) is 0 Å². The predicted octanol–water partition coefficient (Wildman–Crippen LogP) is 6.08. The molecule has 4 nitrogen and oxygen atoms in total. The number of anilines is 1. The Morgan fingerprint density at radius 1 is 1.27 bits per heavy atom. The van der Waals surface area contributed by atoms with Gasteiger partial charge in [0.25, 0.3) is 0 Å². The summed E-state index contributed by atoms with van der Waals surface area (Å²) in [5.41, 5.74) is 5.07. The van der Waals surface area contributed by atoms with E-state index in [1.54, 1.807) is 31.2 Å². The van der Waals surface area contributed by atoms with Crippen LogP contribution in [0.15, 0.2) is 41.4 Å². The molecule has 3 rings (SSSR count). The smallest absolute Gasteiger partial charge is 0.338 e. The van der Waals surface area contributed by atoms with E-state index < -0.39 is 5.97 Å². The lowest BCUT2D eigenvalue weighted by molar-refractivity contribution is 0.0600. The van der Waals surface area contributed by atoms with Crippen LogP contribution < -0.4 is 4.90 Å². The van der Waals surface area contributed by atoms with Gasteiger partial charge in [0.15, 0.2) is 0 Å². The average Bonchev–Trinajstić information content (AvgIpc) is 2.69. The fraction of sp³-hybridized carbons (Fsp3) is 0.360. The van der Waals surface area contributed by atoms with Crippen LogP contribution in [0.3, 0.4) is 0 Å². The van der Waals surface area contributed by atoms with Crippen LogP contribution in [-0.4, -0.2) is 31.4 Å². The van der Waals surface area contributed by atoms with Gasteiger partial charge >= 0.3 is 5.97 Å². The Bertz CT molecular complexity index is 1040. The van der Waals surface area contributed by atoms with Crippen molar-refractivity contribution in [1.82, 2.24) is 0 Å². The van der Waals surface area contributed by atoms with Gasteiger partial charge in [-0.25, -0.2) is 9.18 Å². The minimum atomic E-state index is -0.413. The van der Waals surface area contributed by atoms with Crippen LogP contribution in [0.25, 0.3) is 5.57 Å². The number of nitrogens with zero attached hydrogens (tertiary/aromatic N) is 2. The zero-order valence-corrected chi connectivity index (χ0v) is 18.5. The zero-order chi connectivity index (χ0) is 22.1. The molecule has 30 heavy (non-hydrogen) atoms. The number of allylic oxidation sites excluding steroid dienone is 1. The van der Waals surface area contributed by atoms with Crippen LogP contribution in [-0.2, 0) is 4.74 Å². The second-order valence-corrected chi connectivity index (χ2v) is 8.22. The van der Waals surface area contributed by atoms with E-state index in [-0.39, 0.29) is 11.4 Å². The molecule has 0 amide bonds. The molecule has 0 fully saturated rings. The molecule has 1 heterocycles. The number of fused-ring (bicyclic) bond motifs is 1. The van der Waals surface area contributed by atoms with Crippen molar-refractivity contribution in [2.75, 3.05) is 18.6 Å². The van der Waals surface area contributed by atoms with Crippen molar-refractivity contribution in [2.24, 2.45) is 4.99 Å². The molecule has 0 radical (unpaired) electrons. The molecule has 158 valence electrons. The minimum Gasteiger partial charge on any atom is -0.465 e. The average molecular weight is 409 g/mol. The Labute approximate surface area is 178 Å². The van der Waals surface area contributed by atoms with Crippen molar-refractivity contribution in [2.45, 2.75) is 46.6 Å². The summed E-state index contributed by atoms with van der Waals surface area (Å²) < 4.78 is 19.8. The van der Waals surface area contributed by atoms with Crippen LogP contribution in [0.1, 0.15) is 61.2 Å². The van der Waals surface area contributed by atoms with Gasteiger partial charge in [0.2, 0.25) is 0 Å². The SMILES string of the molecule is CCCN1c2cc(F)c(C=Nc3cccc(C(=O)OC)c3C)cc2C(C)=CC1(C)C. The van der Waals surface area contributed by atoms with Gasteiger partial charge in [-0.2, -0.15) is 0 Å². The lowest BCUT2D eigenvalue weighted by Gasteiger charge is -2.43. The van der Waals surface area contributed by atoms with Gasteiger partial charge in [-0.3, -0.25) is 4.99 Å². The maximum absolute atomic E-state index is 15.0. The number of esters is 1. The van der Waals surface area contributed by atoms with Gasteiger partial charge in [-0.15, -0.1) is 0 Å². The third-order valence-electron chi connectivity index (χ3n) is 5.60. The summed E-state index contributed by atoms with van der Waals surface area (Å²) in [6.45, 7) is 11.2. The Morgan fingerprint density at radius 2 is 2.00 bits per heavy atom. The number of rotatable bonds is 5. The lowest BCUT2D eigenvalue weighted by atomic mass is 9.87. The van der Waals surface area contributed by atoms with E-state index in [1.807, 2.05) is 6.07 Å². The van der Waals surface area contributed by atoms with Gasteiger partial charge in [-0.1, -0.05) is 19.1 Å². The Hall–Kier alpha value is -2.95. The number of aliphatic imine (C=N–C) groups is 1. The second-order valence-electron chi connectivity index (χ2n) is 8.22. The van der Waals surface area contributed by atoms with Crippen LogP contribution in [0, 0.1) is 12.7 Å². The van der Waals surface area contributed by atoms with E-state index in [4.69, 9.17) is 4.74 Å². The number of hydrogen-bond donors (Lipinski definition) is 0. The van der Waals surface area contributed by atoms with Gasteiger partial charge in [-0.05, 0) is 69.5 Å². The molecular weight excluding hydrogens is 379 g/mol. The van der Waals surface area contributed by atoms with E-state index >= 15 is 4.39 Å². The fourth-order valence-electron chi connectivity index (χ4n) is 4.08. The number of hydrogen-bond acceptors (Lipinski definition) is 4. The first-order valence-electron chi connectivity index (χ1n) is 10.2. The number of ether oxygens (including phenoxy) is 1. The van der Waals surface area contributed by atoms with Crippen LogP contribution >= 0.6 is 0 Å². The molecule has 0 N–H and O–H groups in total. The number of benzene rings is 2. The molecule has 5 heteroatoms. The van der Waals surface area contributed by atoms with E-state index in [9.17, 15) is 4.79 Å². The molecule has 0 atom stereocenters. The van der Waals surface area contributed by atoms with E-state index in [0.717, 1.165) is 29.8 Å². The number of halogens is 1. The van der Waals surface area contributed by atoms with Gasteiger partial charge in [0.05, 0.1) is 23.9 Å². The van der Waals surface area contributed by atoms with Crippen molar-refractivity contribution < 1.29 is 13.9 Å². The summed E-state index contributed by atoms with van der Waals surface area (Å²) >= 11 is 0. The molecular formula is C25H29FN2O2. The van der Waals surface area contributed by atoms with Crippen molar-refractivity contribution in [3.63, 3.8) is 0 Å². The molecule has 2 aromatic carbocycles. The third-order valence-corrected chi connectivity index (χ3v) is 5.60. The van der Waals surface area contributed by atoms with E-state index in [1.165, 1.54) is 13.3 Å². The molecule has 0 bridgehead atoms. The first-order valence-corrected chi connectivity index (χ1v) is 10.2. The third kappa shape index (κ3) is 4.02. The molecule has 1 aliphatic rings. The number of carbonyl (C=O) groups is 1. The van der Waals surface area contributed by atoms with Crippen molar-refractivity contribution >= 4 is 29.1 Å². The first-order chi connectivity index (χ1) is 14.2. The summed E-state index contributed by atoms with van der Waals surface area (Å²) in [5.74, 6) is -0.727. The van der Waals surface area contributed by atoms with Gasteiger partial charge < -0.3 is 9.64 Å². The number of methoxy groups -OCH3 is 1. The highest BCUT2D eigenvalue weighted by atomic mass is 19.1. The molecule has 0 unspecified atom stereocenters. The van der Waals surface area contributed by atoms with Crippen LogP contribution in [0.4, 0.5) is 15.8 Å². The summed E-state index contributed by atoms with van der Waals surface area (Å²) in [6.07, 6.45) is 4.74. The first kappa shape index (κ1) is 21.8.